The molecule has 0 radical (unpaired) electrons. The third-order valence-corrected chi connectivity index (χ3v) is 13.5. The van der Waals surface area contributed by atoms with E-state index in [2.05, 4.69) is 15.6 Å². The Morgan fingerprint density at radius 3 is 2.45 bits per heavy atom. The molecule has 3 fully saturated rings. The molecule has 19 heteroatoms. The maximum Gasteiger partial charge on any atom is 0.410 e. The summed E-state index contributed by atoms with van der Waals surface area (Å²) in [6, 6.07) is 13.7. The highest BCUT2D eigenvalue weighted by atomic mass is 19.1. The summed E-state index contributed by atoms with van der Waals surface area (Å²) in [5, 5.41) is 23.5. The standard InChI is InChI=1S/C48H68FN7O11/c1-9-37-48(7)39(56(45(61)67-48)21-14-13-20-55-26-36(53-54-55)32-18-15-19-33(50)22-32)30(4)52-25-28(2)24-46(5,62-8)41(29(3)40(58)47(6,49)44(60)65-37)66-43-38(57)35(51)23-34(64-43)27-63-42(59)31-16-11-10-12-17-31/h10-12,15-19,22,26,28-30,34-35,37-39,41,43,52,57H,9,13-14,20-21,23-25,27,50-51H2,1-8H3/t28-,29-,30-,34+,35+,37-,38-,39-,41+,43?,46-,47+,48-/m1/s1. The van der Waals surface area contributed by atoms with Gasteiger partial charge in [-0.25, -0.2) is 18.8 Å². The first-order valence-corrected chi connectivity index (χ1v) is 23.2. The number of cyclic esters (lactones) is 1. The van der Waals surface area contributed by atoms with Crippen molar-refractivity contribution in [3.8, 4) is 11.3 Å². The molecule has 3 aliphatic heterocycles. The number of carbonyl (C=O) groups is 4. The molecular weight excluding hydrogens is 870 g/mol. The van der Waals surface area contributed by atoms with Crippen LogP contribution in [-0.4, -0.2) is 141 Å². The van der Waals surface area contributed by atoms with E-state index in [-0.39, 0.29) is 38.3 Å². The highest BCUT2D eigenvalue weighted by molar-refractivity contribution is 6.07. The molecule has 3 saturated heterocycles. The molecule has 18 nitrogen and oxygen atoms in total. The molecule has 3 aliphatic rings. The number of anilines is 1. The summed E-state index contributed by atoms with van der Waals surface area (Å²) in [6.07, 6.45) is -3.31. The fraction of sp³-hybridized carbons (Fsp3) is 0.625. The number of aliphatic hydroxyl groups excluding tert-OH is 1. The van der Waals surface area contributed by atoms with Gasteiger partial charge in [-0.15, -0.1) is 5.10 Å². The molecule has 1 amide bonds. The molecular formula is C48H68FN7O11. The van der Waals surface area contributed by atoms with Gasteiger partial charge in [0.05, 0.1) is 35.6 Å². The summed E-state index contributed by atoms with van der Waals surface area (Å²) in [4.78, 5) is 56.8. The number of methoxy groups -OCH3 is 1. The Hall–Kier alpha value is -5.05. The smallest absolute Gasteiger partial charge is 0.410 e. The number of nitrogens with two attached hydrogens (primary N) is 2. The van der Waals surface area contributed by atoms with E-state index in [1.54, 1.807) is 66.8 Å². The molecule has 0 spiro atoms. The summed E-state index contributed by atoms with van der Waals surface area (Å²) < 4.78 is 55.2. The minimum Gasteiger partial charge on any atom is -0.459 e. The summed E-state index contributed by atoms with van der Waals surface area (Å²) >= 11 is 0. The van der Waals surface area contributed by atoms with E-state index in [0.717, 1.165) is 12.5 Å². The van der Waals surface area contributed by atoms with Crippen molar-refractivity contribution in [2.45, 2.75) is 153 Å². The molecule has 0 bridgehead atoms. The Bertz CT molecular complexity index is 2180. The quantitative estimate of drug-likeness (QED) is 0.0601. The molecule has 1 aromatic heterocycles. The second kappa shape index (κ2) is 21.5. The van der Waals surface area contributed by atoms with Crippen molar-refractivity contribution in [3.05, 3.63) is 66.4 Å². The first-order valence-electron chi connectivity index (χ1n) is 23.2. The van der Waals surface area contributed by atoms with Crippen LogP contribution >= 0.6 is 0 Å². The van der Waals surface area contributed by atoms with Gasteiger partial charge in [-0.2, -0.15) is 0 Å². The number of carbonyl (C=O) groups excluding carboxylic acids is 4. The third-order valence-electron chi connectivity index (χ3n) is 13.5. The van der Waals surface area contributed by atoms with Crippen molar-refractivity contribution < 1.29 is 57.1 Å². The Morgan fingerprint density at radius 1 is 1.04 bits per heavy atom. The monoisotopic (exact) mass is 937 g/mol. The number of aromatic nitrogens is 3. The number of esters is 2. The number of nitrogens with one attached hydrogen (secondary N) is 1. The molecule has 1 unspecified atom stereocenters. The van der Waals surface area contributed by atoms with Gasteiger partial charge in [-0.3, -0.25) is 14.4 Å². The maximum absolute atomic E-state index is 17.1. The number of amides is 1. The SMILES string of the molecule is CC[C@H]1OC(=O)[C@@](C)(F)C(=O)[C@@H](C)[C@H](OC2O[C@H](COC(=O)c3ccccc3)C[C@H](N)[C@H]2O)[C@](C)(OC)C[C@@H](C)CN[C@H](C)[C@H]2N(CCCCn3cc(-c4cccc(N)c4)nn3)C(=O)O[C@]12C. The van der Waals surface area contributed by atoms with Crippen LogP contribution in [0.5, 0.6) is 0 Å². The highest BCUT2D eigenvalue weighted by Crippen LogP contribution is 2.41. The number of hydrogen-bond donors (Lipinski definition) is 4. The topological polar surface area (TPSA) is 242 Å². The van der Waals surface area contributed by atoms with Gasteiger partial charge in [0.15, 0.2) is 17.7 Å². The highest BCUT2D eigenvalue weighted by Gasteiger charge is 2.60. The minimum absolute atomic E-state index is 0.111. The van der Waals surface area contributed by atoms with E-state index < -0.39 is 95.4 Å². The average molecular weight is 938 g/mol. The van der Waals surface area contributed by atoms with E-state index in [1.165, 1.54) is 14.0 Å². The molecule has 368 valence electrons. The lowest BCUT2D eigenvalue weighted by atomic mass is 9.78. The lowest BCUT2D eigenvalue weighted by Crippen LogP contribution is -2.61. The van der Waals surface area contributed by atoms with Crippen LogP contribution in [0.3, 0.4) is 0 Å². The molecule has 6 N–H and O–H groups in total. The van der Waals surface area contributed by atoms with Crippen molar-refractivity contribution in [1.29, 1.82) is 0 Å². The van der Waals surface area contributed by atoms with Gasteiger partial charge in [-0.1, -0.05) is 56.3 Å². The number of nitrogen functional groups attached to an aromatic ring is 1. The fourth-order valence-corrected chi connectivity index (χ4v) is 9.82. The van der Waals surface area contributed by atoms with Gasteiger partial charge in [0.25, 0.3) is 5.67 Å². The van der Waals surface area contributed by atoms with Gasteiger partial charge in [-0.05, 0) is 96.5 Å². The van der Waals surface area contributed by atoms with Crippen molar-refractivity contribution >= 4 is 29.5 Å². The summed E-state index contributed by atoms with van der Waals surface area (Å²) in [5.74, 6) is -4.82. The summed E-state index contributed by atoms with van der Waals surface area (Å²) in [5.41, 5.74) is 8.76. The lowest BCUT2D eigenvalue weighted by molar-refractivity contribution is -0.293. The zero-order valence-corrected chi connectivity index (χ0v) is 39.8. The summed E-state index contributed by atoms with van der Waals surface area (Å²) in [6.45, 7) is 12.2. The number of fused-ring (bicyclic) bond motifs is 1. The normalized spacial score (nSPS) is 34.4. The Balaban J connectivity index is 1.22. The molecule has 13 atom stereocenters. The van der Waals surface area contributed by atoms with Crippen LogP contribution in [0.25, 0.3) is 11.3 Å². The van der Waals surface area contributed by atoms with Gasteiger partial charge >= 0.3 is 18.0 Å². The number of halogens is 1. The van der Waals surface area contributed by atoms with E-state index in [0.29, 0.717) is 42.9 Å². The Kier molecular flexibility index (Phi) is 16.5. The van der Waals surface area contributed by atoms with E-state index in [1.807, 2.05) is 38.2 Å². The average Bonchev–Trinajstić information content (AvgIpc) is 3.89. The van der Waals surface area contributed by atoms with Crippen molar-refractivity contribution in [2.24, 2.45) is 17.6 Å². The largest absolute Gasteiger partial charge is 0.459 e. The van der Waals surface area contributed by atoms with Crippen LogP contribution in [0.4, 0.5) is 14.9 Å². The van der Waals surface area contributed by atoms with Crippen molar-refractivity contribution in [1.82, 2.24) is 25.2 Å². The number of hydrogen-bond acceptors (Lipinski definition) is 16. The molecule has 4 heterocycles. The van der Waals surface area contributed by atoms with E-state index in [9.17, 15) is 24.3 Å². The van der Waals surface area contributed by atoms with E-state index >= 15 is 4.39 Å². The predicted molar refractivity (Wildman–Crippen MR) is 244 cm³/mol. The Morgan fingerprint density at radius 2 is 1.76 bits per heavy atom. The lowest BCUT2D eigenvalue weighted by Gasteiger charge is -2.45. The van der Waals surface area contributed by atoms with E-state index in [4.69, 9.17) is 39.9 Å². The zero-order valence-electron chi connectivity index (χ0n) is 39.8. The number of ketones is 1. The second-order valence-corrected chi connectivity index (χ2v) is 18.9. The van der Waals surface area contributed by atoms with Crippen LogP contribution in [0.1, 0.15) is 90.9 Å². The first kappa shape index (κ1) is 51.3. The van der Waals surface area contributed by atoms with Crippen LogP contribution in [0.15, 0.2) is 60.8 Å². The molecule has 6 rings (SSSR count). The maximum atomic E-state index is 17.1. The number of nitrogens with zero attached hydrogens (tertiary/aromatic N) is 4. The van der Waals surface area contributed by atoms with Crippen LogP contribution in [0, 0.1) is 11.8 Å². The van der Waals surface area contributed by atoms with Gasteiger partial charge in [0.2, 0.25) is 0 Å². The van der Waals surface area contributed by atoms with Crippen LogP contribution in [-0.2, 0) is 44.6 Å². The van der Waals surface area contributed by atoms with Crippen molar-refractivity contribution in [3.63, 3.8) is 0 Å². The van der Waals surface area contributed by atoms with Gasteiger partial charge in [0.1, 0.15) is 24.5 Å². The predicted octanol–water partition coefficient (Wildman–Crippen LogP) is 4.61. The number of rotatable bonds is 13. The second-order valence-electron chi connectivity index (χ2n) is 18.9. The van der Waals surface area contributed by atoms with Crippen LogP contribution < -0.4 is 16.8 Å². The first-order chi connectivity index (χ1) is 31.7. The zero-order chi connectivity index (χ0) is 48.8. The van der Waals surface area contributed by atoms with Crippen molar-refractivity contribution in [2.75, 3.05) is 32.5 Å². The molecule has 2 aromatic carbocycles. The fourth-order valence-electron chi connectivity index (χ4n) is 9.82. The number of aliphatic hydroxyl groups is 1. The number of ether oxygens (including phenoxy) is 6. The molecule has 3 aromatic rings. The number of benzene rings is 2. The number of aryl methyl sites for hydroxylation is 1. The summed E-state index contributed by atoms with van der Waals surface area (Å²) in [7, 11) is 1.43. The van der Waals surface area contributed by atoms with Gasteiger partial charge in [0, 0.05) is 49.5 Å². The number of Topliss-reactive ketones (excluding diaryl/α,β-unsaturated/α-hetero) is 1. The minimum atomic E-state index is -3.22. The molecule has 0 aliphatic carbocycles. The molecule has 0 saturated carbocycles. The number of alkyl halides is 1. The number of unbranched alkanes of at least 4 members (excludes halogenated alkanes) is 1. The van der Waals surface area contributed by atoms with Crippen LogP contribution in [0.2, 0.25) is 0 Å². The Labute approximate surface area is 391 Å². The molecule has 67 heavy (non-hydrogen) atoms. The third kappa shape index (κ3) is 11.5. The van der Waals surface area contributed by atoms with Gasteiger partial charge < -0.3 is 50.3 Å².